The van der Waals surface area contributed by atoms with E-state index >= 15 is 0 Å². The van der Waals surface area contributed by atoms with Crippen molar-refractivity contribution in [1.29, 1.82) is 0 Å². The molecule has 0 atom stereocenters. The third kappa shape index (κ3) is 8.37. The SMILES string of the molecule is CO.COC(=O)c1cc(-c2n[nH]c(C)c2C)c(C)cc1C.Cc1cc(C)c(-c2n[nH]c(C)c2C)cc1C(=O)O.[Na+].[OH-]. The number of esters is 1. The fraction of sp³-hybridized carbons (Fsp3) is 0.333. The van der Waals surface area contributed by atoms with Crippen LogP contribution in [0.25, 0.3) is 22.5 Å². The first-order valence-electron chi connectivity index (χ1n) is 12.4. The van der Waals surface area contributed by atoms with Crippen molar-refractivity contribution in [1.82, 2.24) is 20.4 Å². The van der Waals surface area contributed by atoms with Gasteiger partial charge in [-0.05, 0) is 101 Å². The number of hydrogen-bond acceptors (Lipinski definition) is 7. The number of nitrogens with zero attached hydrogens (tertiary/aromatic N) is 2. The average molecular weight is 575 g/mol. The molecule has 11 heteroatoms. The van der Waals surface area contributed by atoms with Gasteiger partial charge in [-0.25, -0.2) is 9.59 Å². The first-order valence-corrected chi connectivity index (χ1v) is 12.4. The molecule has 0 amide bonds. The van der Waals surface area contributed by atoms with E-state index < -0.39 is 5.97 Å². The van der Waals surface area contributed by atoms with Crippen LogP contribution < -0.4 is 29.6 Å². The second-order valence-electron chi connectivity index (χ2n) is 9.41. The molecule has 0 aliphatic carbocycles. The summed E-state index contributed by atoms with van der Waals surface area (Å²) in [5.74, 6) is -1.22. The summed E-state index contributed by atoms with van der Waals surface area (Å²) in [7, 11) is 2.39. The van der Waals surface area contributed by atoms with Crippen LogP contribution in [0.1, 0.15) is 65.5 Å². The number of benzene rings is 2. The van der Waals surface area contributed by atoms with Gasteiger partial charge in [0.25, 0.3) is 0 Å². The number of aromatic amines is 2. The number of aromatic carboxylic acids is 1. The number of aliphatic hydroxyl groups excluding tert-OH is 1. The van der Waals surface area contributed by atoms with E-state index in [9.17, 15) is 14.7 Å². The number of methoxy groups -OCH3 is 1. The first-order chi connectivity index (χ1) is 18.4. The van der Waals surface area contributed by atoms with Gasteiger partial charge in [-0.2, -0.15) is 10.2 Å². The van der Waals surface area contributed by atoms with Gasteiger partial charge in [0.15, 0.2) is 0 Å². The molecule has 2 aromatic heterocycles. The van der Waals surface area contributed by atoms with Crippen molar-refractivity contribution < 1.29 is 59.6 Å². The zero-order chi connectivity index (χ0) is 29.6. The Morgan fingerprint density at radius 1 is 0.683 bits per heavy atom. The Balaban J connectivity index is 0.000000704. The van der Waals surface area contributed by atoms with Crippen molar-refractivity contribution in [3.8, 4) is 22.5 Å². The number of rotatable bonds is 4. The number of H-pyrrole nitrogens is 2. The van der Waals surface area contributed by atoms with E-state index in [0.29, 0.717) is 11.1 Å². The van der Waals surface area contributed by atoms with Gasteiger partial charge in [-0.3, -0.25) is 10.2 Å². The molecule has 4 aromatic rings. The summed E-state index contributed by atoms with van der Waals surface area (Å²) in [6, 6.07) is 7.45. The molecule has 0 saturated heterocycles. The predicted molar refractivity (Wildman–Crippen MR) is 154 cm³/mol. The topological polar surface area (TPSA) is 171 Å². The number of carbonyl (C=O) groups excluding carboxylic acids is 1. The Kier molecular flexibility index (Phi) is 14.9. The molecule has 0 aliphatic heterocycles. The summed E-state index contributed by atoms with van der Waals surface area (Å²) < 4.78 is 4.82. The van der Waals surface area contributed by atoms with E-state index in [0.717, 1.165) is 74.4 Å². The number of nitrogens with one attached hydrogen (secondary N) is 2. The van der Waals surface area contributed by atoms with Gasteiger partial charge in [-0.15, -0.1) is 0 Å². The first kappa shape index (κ1) is 37.7. The molecule has 10 nitrogen and oxygen atoms in total. The van der Waals surface area contributed by atoms with E-state index in [2.05, 4.69) is 20.4 Å². The zero-order valence-corrected chi connectivity index (χ0v) is 27.8. The summed E-state index contributed by atoms with van der Waals surface area (Å²) in [4.78, 5) is 22.9. The van der Waals surface area contributed by atoms with Crippen molar-refractivity contribution >= 4 is 11.9 Å². The number of carboxylic acid groups (broad SMARTS) is 1. The molecule has 4 rings (SSSR count). The van der Waals surface area contributed by atoms with Gasteiger partial charge >= 0.3 is 41.5 Å². The van der Waals surface area contributed by atoms with Crippen molar-refractivity contribution in [2.75, 3.05) is 14.2 Å². The summed E-state index contributed by atoms with van der Waals surface area (Å²) in [5, 5.41) is 30.7. The summed E-state index contributed by atoms with van der Waals surface area (Å²) in [5.41, 5.74) is 12.5. The normalized spacial score (nSPS) is 9.73. The van der Waals surface area contributed by atoms with Crippen LogP contribution in [0.3, 0.4) is 0 Å². The van der Waals surface area contributed by atoms with E-state index in [1.54, 1.807) is 6.07 Å². The number of aromatic nitrogens is 4. The zero-order valence-electron chi connectivity index (χ0n) is 25.8. The smallest absolute Gasteiger partial charge is 0.870 e. The Bertz CT molecular complexity index is 1510. The maximum atomic E-state index is 11.8. The van der Waals surface area contributed by atoms with Crippen molar-refractivity contribution in [2.24, 2.45) is 0 Å². The minimum Gasteiger partial charge on any atom is -0.870 e. The van der Waals surface area contributed by atoms with Crippen LogP contribution >= 0.6 is 0 Å². The number of hydrogen-bond donors (Lipinski definition) is 4. The fourth-order valence-electron chi connectivity index (χ4n) is 4.27. The van der Waals surface area contributed by atoms with Crippen molar-refractivity contribution in [3.05, 3.63) is 80.2 Å². The number of carbonyl (C=O) groups is 2. The van der Waals surface area contributed by atoms with Crippen LogP contribution in [0.4, 0.5) is 0 Å². The largest absolute Gasteiger partial charge is 1.00 e. The van der Waals surface area contributed by atoms with Gasteiger partial charge in [0.2, 0.25) is 0 Å². The summed E-state index contributed by atoms with van der Waals surface area (Å²) >= 11 is 0. The summed E-state index contributed by atoms with van der Waals surface area (Å²) in [6.07, 6.45) is 0. The second-order valence-corrected chi connectivity index (χ2v) is 9.41. The number of ether oxygens (including phenoxy) is 1. The molecule has 0 radical (unpaired) electrons. The monoisotopic (exact) mass is 574 g/mol. The molecule has 5 N–H and O–H groups in total. The van der Waals surface area contributed by atoms with Gasteiger partial charge in [-0.1, -0.05) is 12.1 Å². The number of aryl methyl sites for hydroxylation is 6. The molecule has 0 fully saturated rings. The Morgan fingerprint density at radius 3 is 1.37 bits per heavy atom. The van der Waals surface area contributed by atoms with Crippen LogP contribution in [0.2, 0.25) is 0 Å². The van der Waals surface area contributed by atoms with Crippen molar-refractivity contribution in [3.63, 3.8) is 0 Å². The molecule has 2 aromatic carbocycles. The van der Waals surface area contributed by atoms with Gasteiger partial charge in [0.05, 0.1) is 29.6 Å². The predicted octanol–water partition coefficient (Wildman–Crippen LogP) is 2.54. The molecule has 0 saturated carbocycles. The molecule has 41 heavy (non-hydrogen) atoms. The maximum absolute atomic E-state index is 11.8. The van der Waals surface area contributed by atoms with E-state index in [4.69, 9.17) is 9.84 Å². The second kappa shape index (κ2) is 16.2. The average Bonchev–Trinajstić information content (AvgIpc) is 3.40. The molecule has 0 aliphatic rings. The minimum absolute atomic E-state index is 0. The Hall–Kier alpha value is -3.28. The molecule has 2 heterocycles. The molecule has 0 bridgehead atoms. The third-order valence-corrected chi connectivity index (χ3v) is 6.79. The van der Waals surface area contributed by atoms with Crippen molar-refractivity contribution in [2.45, 2.75) is 55.4 Å². The quantitative estimate of drug-likeness (QED) is 0.213. The van der Waals surface area contributed by atoms with E-state index in [1.807, 2.05) is 73.6 Å². The Morgan fingerprint density at radius 2 is 1.05 bits per heavy atom. The van der Waals surface area contributed by atoms with Gasteiger partial charge in [0.1, 0.15) is 0 Å². The molecule has 0 spiro atoms. The van der Waals surface area contributed by atoms with Crippen LogP contribution in [-0.4, -0.2) is 62.2 Å². The van der Waals surface area contributed by atoms with Crippen LogP contribution in [0, 0.1) is 55.4 Å². The third-order valence-electron chi connectivity index (χ3n) is 6.79. The number of aliphatic hydroxyl groups is 1. The standard InChI is InChI=1S/C15H18N2O2.C14H16N2O2.CH4O.Na.H2O/c1-8-6-9(2)13(15(18)19-5)7-12(8)14-10(3)11(4)16-17-14;1-7-5-8(2)12(14(17)18)6-11(7)13-9(3)10(4)15-16-13;1-2;;/h6-7H,1-5H3,(H,16,17);5-6H,1-4H3,(H,15,16)(H,17,18);2H,1H3;;1H2/q;;;+1;/p-1. The Labute approximate surface area is 263 Å². The molecule has 216 valence electrons. The van der Waals surface area contributed by atoms with Gasteiger partial charge in [0, 0.05) is 29.6 Å². The molecular weight excluding hydrogens is 535 g/mol. The molecule has 0 unspecified atom stereocenters. The summed E-state index contributed by atoms with van der Waals surface area (Å²) in [6.45, 7) is 15.6. The van der Waals surface area contributed by atoms with Crippen LogP contribution in [-0.2, 0) is 4.74 Å². The van der Waals surface area contributed by atoms with E-state index in [1.165, 1.54) is 7.11 Å². The number of carboxylic acids is 1. The van der Waals surface area contributed by atoms with Gasteiger partial charge < -0.3 is 20.4 Å². The molecular formula is C30H39N4NaO6. The van der Waals surface area contributed by atoms with Crippen LogP contribution in [0.5, 0.6) is 0 Å². The minimum atomic E-state index is -0.904. The maximum Gasteiger partial charge on any atom is 1.00 e. The van der Waals surface area contributed by atoms with Crippen LogP contribution in [0.15, 0.2) is 24.3 Å². The fourth-order valence-corrected chi connectivity index (χ4v) is 4.27. The van der Waals surface area contributed by atoms with E-state index in [-0.39, 0.29) is 41.0 Å².